The summed E-state index contributed by atoms with van der Waals surface area (Å²) in [5.74, 6) is -3.46. The molecule has 0 aromatic heterocycles. The van der Waals surface area contributed by atoms with Gasteiger partial charge in [-0.3, -0.25) is 19.5 Å². The number of rotatable bonds is 1. The number of alkyl halides is 3. The van der Waals surface area contributed by atoms with Gasteiger partial charge < -0.3 is 5.11 Å². The van der Waals surface area contributed by atoms with Gasteiger partial charge in [-0.1, -0.05) is 0 Å². The Kier molecular flexibility index (Phi) is 2.80. The molecule has 0 fully saturated rings. The van der Waals surface area contributed by atoms with E-state index in [1.165, 1.54) is 13.1 Å². The lowest BCUT2D eigenvalue weighted by atomic mass is 10.1. The van der Waals surface area contributed by atoms with E-state index in [4.69, 9.17) is 0 Å². The fourth-order valence-electron chi connectivity index (χ4n) is 1.60. The zero-order valence-corrected chi connectivity index (χ0v) is 9.49. The summed E-state index contributed by atoms with van der Waals surface area (Å²) in [5, 5.41) is 10.7. The SMILES string of the molecule is CN1C(=O)c2ccc(N=C([O-])C(F)(F)F)cc2C1=O. The molecule has 8 heteroatoms. The van der Waals surface area contributed by atoms with Crippen molar-refractivity contribution in [2.75, 3.05) is 7.05 Å². The molecule has 0 atom stereocenters. The zero-order valence-electron chi connectivity index (χ0n) is 9.49. The number of benzene rings is 1. The lowest BCUT2D eigenvalue weighted by molar-refractivity contribution is -0.262. The van der Waals surface area contributed by atoms with Crippen LogP contribution in [0.1, 0.15) is 20.7 Å². The zero-order chi connectivity index (χ0) is 14.4. The fourth-order valence-corrected chi connectivity index (χ4v) is 1.60. The van der Waals surface area contributed by atoms with Crippen molar-refractivity contribution in [1.82, 2.24) is 4.90 Å². The highest BCUT2D eigenvalue weighted by molar-refractivity contribution is 6.21. The Morgan fingerprint density at radius 1 is 1.21 bits per heavy atom. The quantitative estimate of drug-likeness (QED) is 0.432. The van der Waals surface area contributed by atoms with Gasteiger partial charge in [0.05, 0.1) is 22.7 Å². The van der Waals surface area contributed by atoms with E-state index in [2.05, 4.69) is 4.99 Å². The van der Waals surface area contributed by atoms with Crippen LogP contribution in [0.15, 0.2) is 23.2 Å². The topological polar surface area (TPSA) is 72.8 Å². The summed E-state index contributed by atoms with van der Waals surface area (Å²) >= 11 is 0. The van der Waals surface area contributed by atoms with Crippen LogP contribution in [-0.4, -0.2) is 35.8 Å². The molecule has 100 valence electrons. The van der Waals surface area contributed by atoms with Crippen LogP contribution < -0.4 is 5.11 Å². The van der Waals surface area contributed by atoms with E-state index in [0.717, 1.165) is 17.0 Å². The highest BCUT2D eigenvalue weighted by Crippen LogP contribution is 2.27. The van der Waals surface area contributed by atoms with Crippen molar-refractivity contribution >= 4 is 23.4 Å². The van der Waals surface area contributed by atoms with Gasteiger partial charge >= 0.3 is 6.18 Å². The van der Waals surface area contributed by atoms with Gasteiger partial charge in [-0.25, -0.2) is 0 Å². The molecular formula is C11H6F3N2O3-. The Labute approximate surface area is 105 Å². The van der Waals surface area contributed by atoms with Crippen LogP contribution in [0, 0.1) is 0 Å². The number of fused-ring (bicyclic) bond motifs is 1. The Morgan fingerprint density at radius 3 is 2.37 bits per heavy atom. The number of aliphatic imine (C=N–C) groups is 1. The summed E-state index contributed by atoms with van der Waals surface area (Å²) < 4.78 is 36.1. The Bertz CT molecular complexity index is 608. The maximum Gasteiger partial charge on any atom is 0.419 e. The molecule has 2 amide bonds. The molecule has 0 spiro atoms. The van der Waals surface area contributed by atoms with E-state index in [9.17, 15) is 27.9 Å². The normalized spacial score (nSPS) is 16.0. The largest absolute Gasteiger partial charge is 0.855 e. The number of carbonyl (C=O) groups is 2. The van der Waals surface area contributed by atoms with Crippen molar-refractivity contribution in [3.63, 3.8) is 0 Å². The van der Waals surface area contributed by atoms with E-state index < -0.39 is 23.9 Å². The van der Waals surface area contributed by atoms with Crippen LogP contribution in [-0.2, 0) is 0 Å². The molecule has 0 saturated heterocycles. The van der Waals surface area contributed by atoms with Gasteiger partial charge in [0.2, 0.25) is 0 Å². The third-order valence-electron chi connectivity index (χ3n) is 2.55. The summed E-state index contributed by atoms with van der Waals surface area (Å²) in [6.07, 6.45) is -5.07. The second-order valence-corrected chi connectivity index (χ2v) is 3.81. The average Bonchev–Trinajstić information content (AvgIpc) is 2.53. The predicted molar refractivity (Wildman–Crippen MR) is 56.0 cm³/mol. The number of hydrogen-bond acceptors (Lipinski definition) is 4. The van der Waals surface area contributed by atoms with Crippen LogP contribution in [0.4, 0.5) is 18.9 Å². The third-order valence-corrected chi connectivity index (χ3v) is 2.55. The summed E-state index contributed by atoms with van der Waals surface area (Å²) in [6, 6.07) is 3.23. The molecule has 0 N–H and O–H groups in total. The van der Waals surface area contributed by atoms with E-state index in [1.54, 1.807) is 0 Å². The van der Waals surface area contributed by atoms with Gasteiger partial charge in [0.15, 0.2) is 0 Å². The second kappa shape index (κ2) is 4.08. The van der Waals surface area contributed by atoms with Gasteiger partial charge in [-0.2, -0.15) is 13.2 Å². The molecule has 1 aliphatic rings. The molecule has 19 heavy (non-hydrogen) atoms. The fraction of sp³-hybridized carbons (Fsp3) is 0.182. The number of imide groups is 1. The molecule has 1 aromatic rings. The maximum absolute atomic E-state index is 12.0. The Hall–Kier alpha value is -2.38. The smallest absolute Gasteiger partial charge is 0.419 e. The summed E-state index contributed by atoms with van der Waals surface area (Å²) in [5.41, 5.74) is -0.313. The minimum absolute atomic E-state index is 0.0660. The van der Waals surface area contributed by atoms with Crippen LogP contribution in [0.5, 0.6) is 0 Å². The van der Waals surface area contributed by atoms with Gasteiger partial charge in [-0.15, -0.1) is 0 Å². The van der Waals surface area contributed by atoms with Crippen molar-refractivity contribution in [2.45, 2.75) is 6.18 Å². The Morgan fingerprint density at radius 2 is 1.79 bits per heavy atom. The van der Waals surface area contributed by atoms with Crippen molar-refractivity contribution < 1.29 is 27.9 Å². The second-order valence-electron chi connectivity index (χ2n) is 3.81. The molecule has 1 aliphatic heterocycles. The lowest BCUT2D eigenvalue weighted by Crippen LogP contribution is -2.34. The molecule has 0 aliphatic carbocycles. The standard InChI is InChI=1S/C11H7F3N2O3/c1-16-8(17)6-3-2-5(4-7(6)9(16)18)15-10(19)11(12,13)14/h2-4H,1H3,(H,15,19)/p-1. The average molecular weight is 271 g/mol. The molecule has 0 bridgehead atoms. The Balaban J connectivity index is 2.45. The molecule has 1 aromatic carbocycles. The van der Waals surface area contributed by atoms with Crippen LogP contribution in [0.25, 0.3) is 0 Å². The first-order valence-corrected chi connectivity index (χ1v) is 5.01. The molecule has 0 saturated carbocycles. The van der Waals surface area contributed by atoms with E-state index in [-0.39, 0.29) is 16.8 Å². The lowest BCUT2D eigenvalue weighted by Gasteiger charge is -2.13. The highest BCUT2D eigenvalue weighted by Gasteiger charge is 2.33. The van der Waals surface area contributed by atoms with Crippen molar-refractivity contribution in [1.29, 1.82) is 0 Å². The van der Waals surface area contributed by atoms with Crippen LogP contribution >= 0.6 is 0 Å². The molecule has 5 nitrogen and oxygen atoms in total. The van der Waals surface area contributed by atoms with Crippen LogP contribution in [0.2, 0.25) is 0 Å². The van der Waals surface area contributed by atoms with E-state index in [1.807, 2.05) is 0 Å². The van der Waals surface area contributed by atoms with Crippen LogP contribution in [0.3, 0.4) is 0 Å². The number of nitrogens with zero attached hydrogens (tertiary/aromatic N) is 2. The summed E-state index contributed by atoms with van der Waals surface area (Å²) in [6.45, 7) is 0. The number of hydrogen-bond donors (Lipinski definition) is 0. The minimum atomic E-state index is -5.07. The molecule has 1 heterocycles. The first-order valence-electron chi connectivity index (χ1n) is 5.01. The maximum atomic E-state index is 12.0. The van der Waals surface area contributed by atoms with Gasteiger partial charge in [0, 0.05) is 7.05 Å². The highest BCUT2D eigenvalue weighted by atomic mass is 19.4. The molecular weight excluding hydrogens is 265 g/mol. The van der Waals surface area contributed by atoms with E-state index >= 15 is 0 Å². The number of amides is 2. The summed E-state index contributed by atoms with van der Waals surface area (Å²) in [4.78, 5) is 26.8. The number of carbonyl (C=O) groups excluding carboxylic acids is 2. The van der Waals surface area contributed by atoms with Gasteiger partial charge in [0.1, 0.15) is 0 Å². The molecule has 0 unspecified atom stereocenters. The molecule has 2 rings (SSSR count). The van der Waals surface area contributed by atoms with Crippen molar-refractivity contribution in [3.05, 3.63) is 29.3 Å². The van der Waals surface area contributed by atoms with Gasteiger partial charge in [-0.05, 0) is 18.2 Å². The predicted octanol–water partition coefficient (Wildman–Crippen LogP) is 0.865. The van der Waals surface area contributed by atoms with Gasteiger partial charge in [0.25, 0.3) is 11.8 Å². The van der Waals surface area contributed by atoms with E-state index in [0.29, 0.717) is 0 Å². The molecule has 0 radical (unpaired) electrons. The first-order chi connectivity index (χ1) is 8.71. The third kappa shape index (κ3) is 2.16. The number of halogens is 3. The summed E-state index contributed by atoms with van der Waals surface area (Å²) in [7, 11) is 1.25. The van der Waals surface area contributed by atoms with Crippen molar-refractivity contribution in [2.24, 2.45) is 4.99 Å². The minimum Gasteiger partial charge on any atom is -0.855 e. The van der Waals surface area contributed by atoms with Crippen molar-refractivity contribution in [3.8, 4) is 0 Å². The first kappa shape index (κ1) is 13.1. The monoisotopic (exact) mass is 271 g/mol.